The topological polar surface area (TPSA) is 69.4 Å². The van der Waals surface area contributed by atoms with E-state index in [9.17, 15) is 4.79 Å². The number of fused-ring (bicyclic) bond motifs is 1. The van der Waals surface area contributed by atoms with Gasteiger partial charge in [0.2, 0.25) is 0 Å². The van der Waals surface area contributed by atoms with E-state index in [0.29, 0.717) is 10.7 Å². The van der Waals surface area contributed by atoms with Crippen LogP contribution in [-0.4, -0.2) is 25.3 Å². The van der Waals surface area contributed by atoms with E-state index in [1.54, 1.807) is 28.9 Å². The molecule has 20 heavy (non-hydrogen) atoms. The minimum absolute atomic E-state index is 0.0642. The maximum absolute atomic E-state index is 11.7. The van der Waals surface area contributed by atoms with Gasteiger partial charge in [-0.2, -0.15) is 0 Å². The molecule has 3 heterocycles. The van der Waals surface area contributed by atoms with Crippen LogP contribution < -0.4 is 0 Å². The summed E-state index contributed by atoms with van der Waals surface area (Å²) in [4.78, 5) is 23.7. The van der Waals surface area contributed by atoms with Crippen molar-refractivity contribution in [3.8, 4) is 0 Å². The molecule has 0 fully saturated rings. The van der Waals surface area contributed by atoms with Gasteiger partial charge < -0.3 is 9.14 Å². The Kier molecular flexibility index (Phi) is 3.30. The molecule has 0 bridgehead atoms. The van der Waals surface area contributed by atoms with Crippen molar-refractivity contribution in [2.24, 2.45) is 0 Å². The summed E-state index contributed by atoms with van der Waals surface area (Å²) in [7, 11) is 0. The molecular formula is C13H9ClN4O2. The zero-order valence-electron chi connectivity index (χ0n) is 10.2. The average molecular weight is 289 g/mol. The lowest BCUT2D eigenvalue weighted by atomic mass is 10.4. The maximum Gasteiger partial charge on any atom is 0.358 e. The number of nitrogens with zero attached hydrogens (tertiary/aromatic N) is 4. The predicted octanol–water partition coefficient (Wildman–Crippen LogP) is 2.13. The summed E-state index contributed by atoms with van der Waals surface area (Å²) in [5.74, 6) is -0.534. The second-order valence-electron chi connectivity index (χ2n) is 4.01. The van der Waals surface area contributed by atoms with Crippen LogP contribution in [0, 0.1) is 0 Å². The van der Waals surface area contributed by atoms with E-state index in [4.69, 9.17) is 16.3 Å². The molecule has 7 heteroatoms. The fourth-order valence-electron chi connectivity index (χ4n) is 1.70. The first-order valence-electron chi connectivity index (χ1n) is 5.78. The summed E-state index contributed by atoms with van der Waals surface area (Å²) in [6.07, 6.45) is 7.76. The molecule has 0 aliphatic carbocycles. The molecule has 0 saturated carbocycles. The van der Waals surface area contributed by atoms with Gasteiger partial charge in [0, 0.05) is 24.8 Å². The fraction of sp³-hybridized carbons (Fsp3) is 0.0769. The summed E-state index contributed by atoms with van der Waals surface area (Å²) in [5, 5.41) is 0.609. The first-order chi connectivity index (χ1) is 9.72. The van der Waals surface area contributed by atoms with Crippen molar-refractivity contribution in [3.05, 3.63) is 59.5 Å². The second kappa shape index (κ2) is 5.26. The second-order valence-corrected chi connectivity index (χ2v) is 4.45. The van der Waals surface area contributed by atoms with E-state index in [0.717, 1.165) is 5.65 Å². The van der Waals surface area contributed by atoms with Gasteiger partial charge in [-0.05, 0) is 12.1 Å². The highest BCUT2D eigenvalue weighted by molar-refractivity contribution is 6.30. The van der Waals surface area contributed by atoms with Gasteiger partial charge in [-0.3, -0.25) is 4.98 Å². The van der Waals surface area contributed by atoms with Crippen molar-refractivity contribution in [1.82, 2.24) is 19.4 Å². The summed E-state index contributed by atoms with van der Waals surface area (Å²) in [6.45, 7) is 0.0642. The Balaban J connectivity index is 1.72. The molecule has 0 amide bonds. The number of esters is 1. The predicted molar refractivity (Wildman–Crippen MR) is 71.4 cm³/mol. The van der Waals surface area contributed by atoms with Crippen LogP contribution in [0.4, 0.5) is 0 Å². The Hall–Kier alpha value is -2.47. The average Bonchev–Trinajstić information content (AvgIpc) is 2.87. The van der Waals surface area contributed by atoms with Crippen LogP contribution >= 0.6 is 11.6 Å². The van der Waals surface area contributed by atoms with E-state index < -0.39 is 5.97 Å². The van der Waals surface area contributed by atoms with E-state index in [1.165, 1.54) is 18.6 Å². The van der Waals surface area contributed by atoms with Crippen LogP contribution in [0.25, 0.3) is 5.65 Å². The van der Waals surface area contributed by atoms with E-state index >= 15 is 0 Å². The first-order valence-corrected chi connectivity index (χ1v) is 6.16. The van der Waals surface area contributed by atoms with Gasteiger partial charge in [-0.1, -0.05) is 11.6 Å². The highest BCUT2D eigenvalue weighted by Gasteiger charge is 2.10. The SMILES string of the molecule is O=C(OCc1cn2cc(Cl)ccc2n1)c1cnccn1. The lowest BCUT2D eigenvalue weighted by Gasteiger charge is -2.00. The van der Waals surface area contributed by atoms with Crippen LogP contribution in [0.5, 0.6) is 0 Å². The Morgan fingerprint density at radius 1 is 1.30 bits per heavy atom. The number of aromatic nitrogens is 4. The Bertz CT molecular complexity index is 757. The highest BCUT2D eigenvalue weighted by Crippen LogP contribution is 2.12. The summed E-state index contributed by atoms with van der Waals surface area (Å²) in [6, 6.07) is 3.54. The molecule has 3 aromatic rings. The molecule has 0 aromatic carbocycles. The van der Waals surface area contributed by atoms with Crippen molar-refractivity contribution in [2.45, 2.75) is 6.61 Å². The standard InChI is InChI=1S/C13H9ClN4O2/c14-9-1-2-12-17-10(7-18(12)6-9)8-20-13(19)11-5-15-3-4-16-11/h1-7H,8H2. The maximum atomic E-state index is 11.7. The molecule has 0 aliphatic rings. The van der Waals surface area contributed by atoms with Gasteiger partial charge in [0.05, 0.1) is 16.9 Å². The molecular weight excluding hydrogens is 280 g/mol. The van der Waals surface area contributed by atoms with Gasteiger partial charge >= 0.3 is 5.97 Å². The number of imidazole rings is 1. The molecule has 0 spiro atoms. The summed E-state index contributed by atoms with van der Waals surface area (Å²) in [5.41, 5.74) is 1.53. The van der Waals surface area contributed by atoms with Crippen LogP contribution in [0.2, 0.25) is 5.02 Å². The van der Waals surface area contributed by atoms with E-state index in [1.807, 2.05) is 0 Å². The Labute approximate surface area is 119 Å². The monoisotopic (exact) mass is 288 g/mol. The lowest BCUT2D eigenvalue weighted by molar-refractivity contribution is 0.0461. The molecule has 0 radical (unpaired) electrons. The number of pyridine rings is 1. The quantitative estimate of drug-likeness (QED) is 0.691. The Morgan fingerprint density at radius 2 is 2.20 bits per heavy atom. The lowest BCUT2D eigenvalue weighted by Crippen LogP contribution is -2.07. The molecule has 3 rings (SSSR count). The molecule has 0 N–H and O–H groups in total. The molecule has 6 nitrogen and oxygen atoms in total. The third-order valence-corrected chi connectivity index (χ3v) is 2.81. The van der Waals surface area contributed by atoms with Crippen molar-refractivity contribution in [1.29, 1.82) is 0 Å². The number of carbonyl (C=O) groups is 1. The number of carbonyl (C=O) groups excluding carboxylic acids is 1. The normalized spacial score (nSPS) is 10.7. The summed E-state index contributed by atoms with van der Waals surface area (Å²) >= 11 is 5.89. The fourth-order valence-corrected chi connectivity index (χ4v) is 1.87. The molecule has 0 unspecified atom stereocenters. The highest BCUT2D eigenvalue weighted by atomic mass is 35.5. The van der Waals surface area contributed by atoms with Crippen molar-refractivity contribution >= 4 is 23.2 Å². The zero-order chi connectivity index (χ0) is 13.9. The van der Waals surface area contributed by atoms with Crippen LogP contribution in [0.3, 0.4) is 0 Å². The third-order valence-electron chi connectivity index (χ3n) is 2.59. The number of halogens is 1. The van der Waals surface area contributed by atoms with Crippen LogP contribution in [-0.2, 0) is 11.3 Å². The van der Waals surface area contributed by atoms with Crippen LogP contribution in [0.1, 0.15) is 16.2 Å². The molecule has 3 aromatic heterocycles. The van der Waals surface area contributed by atoms with Gasteiger partial charge in [0.25, 0.3) is 0 Å². The summed E-state index contributed by atoms with van der Waals surface area (Å²) < 4.78 is 6.90. The third kappa shape index (κ3) is 2.60. The largest absolute Gasteiger partial charge is 0.454 e. The molecule has 0 atom stereocenters. The van der Waals surface area contributed by atoms with E-state index in [-0.39, 0.29) is 12.3 Å². The number of ether oxygens (including phenoxy) is 1. The van der Waals surface area contributed by atoms with Crippen LogP contribution in [0.15, 0.2) is 43.1 Å². The number of hydrogen-bond acceptors (Lipinski definition) is 5. The van der Waals surface area contributed by atoms with Gasteiger partial charge in [0.15, 0.2) is 5.69 Å². The molecule has 0 aliphatic heterocycles. The molecule has 0 saturated heterocycles. The zero-order valence-corrected chi connectivity index (χ0v) is 11.0. The number of hydrogen-bond donors (Lipinski definition) is 0. The van der Waals surface area contributed by atoms with Gasteiger partial charge in [-0.15, -0.1) is 0 Å². The van der Waals surface area contributed by atoms with Crippen molar-refractivity contribution < 1.29 is 9.53 Å². The molecule has 100 valence electrons. The van der Waals surface area contributed by atoms with Crippen molar-refractivity contribution in [3.63, 3.8) is 0 Å². The minimum Gasteiger partial charge on any atom is -0.454 e. The van der Waals surface area contributed by atoms with Gasteiger partial charge in [0.1, 0.15) is 12.3 Å². The van der Waals surface area contributed by atoms with E-state index in [2.05, 4.69) is 15.0 Å². The van der Waals surface area contributed by atoms with Gasteiger partial charge in [-0.25, -0.2) is 14.8 Å². The van der Waals surface area contributed by atoms with Crippen molar-refractivity contribution in [2.75, 3.05) is 0 Å². The number of rotatable bonds is 3. The Morgan fingerprint density at radius 3 is 3.00 bits per heavy atom. The first kappa shape index (κ1) is 12.6. The smallest absolute Gasteiger partial charge is 0.358 e. The minimum atomic E-state index is -0.534.